The Morgan fingerprint density at radius 3 is 2.71 bits per heavy atom. The fourth-order valence-electron chi connectivity index (χ4n) is 4.45. The van der Waals surface area contributed by atoms with Gasteiger partial charge in [-0.2, -0.15) is 0 Å². The molecule has 5 aromatic rings. The Morgan fingerprint density at radius 1 is 0.941 bits per heavy atom. The van der Waals surface area contributed by atoms with Crippen LogP contribution in [0.4, 0.5) is 5.69 Å². The standard InChI is InChI=1S/C26H20N4O4/c31-30(32)24-15-28(14-23(24)22-7-3-5-19-4-1-2-6-21(19)22)13-20-11-27-16-29(20)12-18-8-9-25-26(10-18)34-17-33-25/h1-11,14-16H,12-13,17H2. The molecule has 0 saturated carbocycles. The van der Waals surface area contributed by atoms with E-state index < -0.39 is 0 Å². The van der Waals surface area contributed by atoms with Crippen LogP contribution in [0.15, 0.2) is 85.6 Å². The highest BCUT2D eigenvalue weighted by atomic mass is 16.7. The van der Waals surface area contributed by atoms with Crippen molar-refractivity contribution in [2.75, 3.05) is 6.79 Å². The Bertz CT molecular complexity index is 1530. The Morgan fingerprint density at radius 2 is 1.79 bits per heavy atom. The van der Waals surface area contributed by atoms with Gasteiger partial charge in [0, 0.05) is 18.9 Å². The van der Waals surface area contributed by atoms with E-state index in [1.807, 2.05) is 76.0 Å². The number of rotatable bonds is 6. The molecular formula is C26H20N4O4. The fraction of sp³-hybridized carbons (Fsp3) is 0.115. The van der Waals surface area contributed by atoms with Gasteiger partial charge in [0.1, 0.15) is 0 Å². The van der Waals surface area contributed by atoms with Crippen molar-refractivity contribution in [3.05, 3.63) is 107 Å². The van der Waals surface area contributed by atoms with Gasteiger partial charge in [0.15, 0.2) is 11.5 Å². The third kappa shape index (κ3) is 3.55. The molecule has 0 amide bonds. The van der Waals surface area contributed by atoms with Gasteiger partial charge in [-0.3, -0.25) is 10.1 Å². The van der Waals surface area contributed by atoms with Crippen molar-refractivity contribution in [2.24, 2.45) is 0 Å². The Labute approximate surface area is 194 Å². The zero-order valence-corrected chi connectivity index (χ0v) is 18.1. The van der Waals surface area contributed by atoms with Gasteiger partial charge in [0.25, 0.3) is 5.69 Å². The maximum atomic E-state index is 11.9. The van der Waals surface area contributed by atoms with Crippen LogP contribution in [0.3, 0.4) is 0 Å². The van der Waals surface area contributed by atoms with E-state index in [2.05, 4.69) is 4.98 Å². The van der Waals surface area contributed by atoms with Crippen LogP contribution >= 0.6 is 0 Å². The van der Waals surface area contributed by atoms with Crippen LogP contribution in [0.5, 0.6) is 11.5 Å². The van der Waals surface area contributed by atoms with Crippen molar-refractivity contribution in [3.63, 3.8) is 0 Å². The molecule has 0 aliphatic carbocycles. The highest BCUT2D eigenvalue weighted by Crippen LogP contribution is 2.36. The summed E-state index contributed by atoms with van der Waals surface area (Å²) in [5, 5.41) is 13.9. The van der Waals surface area contributed by atoms with Crippen molar-refractivity contribution >= 4 is 16.5 Å². The van der Waals surface area contributed by atoms with E-state index in [0.29, 0.717) is 18.7 Å². The van der Waals surface area contributed by atoms with Crippen molar-refractivity contribution in [1.29, 1.82) is 0 Å². The minimum Gasteiger partial charge on any atom is -0.454 e. The van der Waals surface area contributed by atoms with Crippen LogP contribution in [0.1, 0.15) is 11.3 Å². The van der Waals surface area contributed by atoms with E-state index in [-0.39, 0.29) is 17.4 Å². The number of ether oxygens (including phenoxy) is 2. The summed E-state index contributed by atoms with van der Waals surface area (Å²) in [6, 6.07) is 19.6. The lowest BCUT2D eigenvalue weighted by atomic mass is 9.99. The minimum atomic E-state index is -0.322. The molecule has 0 fully saturated rings. The van der Waals surface area contributed by atoms with Crippen LogP contribution in [-0.4, -0.2) is 25.8 Å². The molecule has 168 valence electrons. The van der Waals surface area contributed by atoms with Gasteiger partial charge in [0.2, 0.25) is 6.79 Å². The first-order valence-corrected chi connectivity index (χ1v) is 10.9. The van der Waals surface area contributed by atoms with Gasteiger partial charge < -0.3 is 18.6 Å². The van der Waals surface area contributed by atoms with Crippen LogP contribution in [-0.2, 0) is 13.1 Å². The summed E-state index contributed by atoms with van der Waals surface area (Å²) in [7, 11) is 0. The number of hydrogen-bond donors (Lipinski definition) is 0. The topological polar surface area (TPSA) is 84.4 Å². The molecule has 0 N–H and O–H groups in total. The van der Waals surface area contributed by atoms with Gasteiger partial charge in [-0.1, -0.05) is 48.5 Å². The van der Waals surface area contributed by atoms with Crippen molar-refractivity contribution in [1.82, 2.24) is 14.1 Å². The Kier molecular flexibility index (Phi) is 4.76. The van der Waals surface area contributed by atoms with Crippen LogP contribution in [0.2, 0.25) is 0 Å². The Hall–Kier alpha value is -4.59. The summed E-state index contributed by atoms with van der Waals surface area (Å²) < 4.78 is 14.7. The second-order valence-electron chi connectivity index (χ2n) is 8.21. The molecule has 8 heteroatoms. The average Bonchev–Trinajstić information content (AvgIpc) is 3.59. The molecule has 1 aliphatic heterocycles. The lowest BCUT2D eigenvalue weighted by Crippen LogP contribution is -2.07. The van der Waals surface area contributed by atoms with Crippen LogP contribution < -0.4 is 9.47 Å². The molecule has 3 aromatic carbocycles. The number of hydrogen-bond acceptors (Lipinski definition) is 5. The molecule has 0 atom stereocenters. The first-order valence-electron chi connectivity index (χ1n) is 10.9. The molecule has 0 bridgehead atoms. The lowest BCUT2D eigenvalue weighted by Gasteiger charge is -2.10. The Balaban J connectivity index is 1.33. The SMILES string of the molecule is O=[N+]([O-])c1cn(Cc2cncn2Cc2ccc3c(c2)OCO3)cc1-c1cccc2ccccc12. The van der Waals surface area contributed by atoms with E-state index in [9.17, 15) is 10.1 Å². The smallest absolute Gasteiger partial charge is 0.294 e. The summed E-state index contributed by atoms with van der Waals surface area (Å²) in [6.07, 6.45) is 6.99. The first-order chi connectivity index (χ1) is 16.7. The number of aromatic nitrogens is 3. The monoisotopic (exact) mass is 452 g/mol. The van der Waals surface area contributed by atoms with E-state index in [0.717, 1.165) is 39.1 Å². The highest BCUT2D eigenvalue weighted by Gasteiger charge is 2.21. The van der Waals surface area contributed by atoms with Gasteiger partial charge in [-0.05, 0) is 34.0 Å². The number of nitrogens with zero attached hydrogens (tertiary/aromatic N) is 4. The number of benzene rings is 3. The number of imidazole rings is 1. The number of fused-ring (bicyclic) bond motifs is 2. The second kappa shape index (κ2) is 8.08. The van der Waals surface area contributed by atoms with E-state index in [1.54, 1.807) is 18.7 Å². The molecule has 0 saturated heterocycles. The molecule has 34 heavy (non-hydrogen) atoms. The van der Waals surface area contributed by atoms with Crippen LogP contribution in [0, 0.1) is 10.1 Å². The van der Waals surface area contributed by atoms with E-state index in [1.165, 1.54) is 0 Å². The summed E-state index contributed by atoms with van der Waals surface area (Å²) in [5.74, 6) is 1.48. The molecule has 0 unspecified atom stereocenters. The fourth-order valence-corrected chi connectivity index (χ4v) is 4.45. The minimum absolute atomic E-state index is 0.0817. The summed E-state index contributed by atoms with van der Waals surface area (Å²) in [6.45, 7) is 1.29. The second-order valence-corrected chi connectivity index (χ2v) is 8.21. The average molecular weight is 452 g/mol. The molecule has 6 rings (SSSR count). The van der Waals surface area contributed by atoms with Crippen LogP contribution in [0.25, 0.3) is 21.9 Å². The lowest BCUT2D eigenvalue weighted by molar-refractivity contribution is -0.384. The molecule has 0 radical (unpaired) electrons. The molecule has 1 aliphatic rings. The van der Waals surface area contributed by atoms with E-state index in [4.69, 9.17) is 9.47 Å². The predicted octanol–water partition coefficient (Wildman–Crippen LogP) is 5.24. The molecule has 8 nitrogen and oxygen atoms in total. The summed E-state index contributed by atoms with van der Waals surface area (Å²) in [4.78, 5) is 15.9. The van der Waals surface area contributed by atoms with Crippen molar-refractivity contribution in [3.8, 4) is 22.6 Å². The molecule has 0 spiro atoms. The third-order valence-electron chi connectivity index (χ3n) is 6.07. The van der Waals surface area contributed by atoms with Gasteiger partial charge in [-0.25, -0.2) is 4.98 Å². The maximum absolute atomic E-state index is 11.9. The van der Waals surface area contributed by atoms with Gasteiger partial charge in [-0.15, -0.1) is 0 Å². The van der Waals surface area contributed by atoms with Crippen molar-refractivity contribution in [2.45, 2.75) is 13.1 Å². The third-order valence-corrected chi connectivity index (χ3v) is 6.07. The first kappa shape index (κ1) is 20.0. The molecular weight excluding hydrogens is 432 g/mol. The highest BCUT2D eigenvalue weighted by molar-refractivity contribution is 5.98. The largest absolute Gasteiger partial charge is 0.454 e. The van der Waals surface area contributed by atoms with Gasteiger partial charge in [0.05, 0.1) is 35.2 Å². The van der Waals surface area contributed by atoms with Crippen molar-refractivity contribution < 1.29 is 14.4 Å². The zero-order valence-electron chi connectivity index (χ0n) is 18.1. The summed E-state index contributed by atoms with van der Waals surface area (Å²) in [5.41, 5.74) is 3.52. The molecule has 2 aromatic heterocycles. The normalized spacial score (nSPS) is 12.4. The number of nitro groups is 1. The molecule has 3 heterocycles. The van der Waals surface area contributed by atoms with E-state index >= 15 is 0 Å². The zero-order chi connectivity index (χ0) is 23.1. The quantitative estimate of drug-likeness (QED) is 0.260. The summed E-state index contributed by atoms with van der Waals surface area (Å²) >= 11 is 0. The maximum Gasteiger partial charge on any atom is 0.294 e. The van der Waals surface area contributed by atoms with Gasteiger partial charge >= 0.3 is 0 Å². The predicted molar refractivity (Wildman–Crippen MR) is 127 cm³/mol.